The number of halogens is 1. The number of aromatic nitrogens is 2. The van der Waals surface area contributed by atoms with Crippen LogP contribution in [0.5, 0.6) is 0 Å². The first-order valence-electron chi connectivity index (χ1n) is 9.82. The van der Waals surface area contributed by atoms with Crippen molar-refractivity contribution in [3.8, 4) is 11.3 Å². The topological polar surface area (TPSA) is 30.3 Å². The molecule has 3 aromatic rings. The number of rotatable bonds is 3. The van der Waals surface area contributed by atoms with Crippen molar-refractivity contribution >= 4 is 0 Å². The summed E-state index contributed by atoms with van der Waals surface area (Å²) in [5, 5.41) is 0. The lowest BCUT2D eigenvalue weighted by molar-refractivity contribution is -0.0821. The van der Waals surface area contributed by atoms with Crippen molar-refractivity contribution in [2.75, 3.05) is 13.1 Å². The fourth-order valence-corrected chi connectivity index (χ4v) is 4.41. The van der Waals surface area contributed by atoms with Crippen LogP contribution in [0.25, 0.3) is 11.3 Å². The fraction of sp³-hybridized carbons (Fsp3) is 0.348. The summed E-state index contributed by atoms with van der Waals surface area (Å²) >= 11 is 0. The number of fused-ring (bicyclic) bond motifs is 1. The molecule has 28 heavy (non-hydrogen) atoms. The van der Waals surface area contributed by atoms with E-state index in [1.54, 1.807) is 12.1 Å². The molecule has 0 amide bonds. The molecule has 1 unspecified atom stereocenters. The van der Waals surface area contributed by atoms with Crippen LogP contribution in [0.1, 0.15) is 23.4 Å². The standard InChI is InChI=1S/C23H24FN3O/c1-17-5-7-19(8-6-17)21-12-25-22-14-28-23(16-27(21)22)9-10-26(15-23)13-18-3-2-4-20(24)11-18/h2-8,11-12H,9-10,13-16H2,1H3. The van der Waals surface area contributed by atoms with Crippen molar-refractivity contribution in [1.82, 2.24) is 14.5 Å². The Hall–Kier alpha value is -2.50. The summed E-state index contributed by atoms with van der Waals surface area (Å²) in [7, 11) is 0. The Bertz CT molecular complexity index is 997. The van der Waals surface area contributed by atoms with Crippen molar-refractivity contribution in [2.45, 2.75) is 38.6 Å². The second-order valence-corrected chi connectivity index (χ2v) is 8.07. The van der Waals surface area contributed by atoms with Crippen LogP contribution in [-0.2, 0) is 24.4 Å². The zero-order chi connectivity index (χ0) is 19.1. The molecular formula is C23H24FN3O. The molecule has 0 radical (unpaired) electrons. The van der Waals surface area contributed by atoms with E-state index >= 15 is 0 Å². The van der Waals surface area contributed by atoms with E-state index in [-0.39, 0.29) is 11.4 Å². The lowest BCUT2D eigenvalue weighted by Gasteiger charge is -2.35. The Labute approximate surface area is 164 Å². The van der Waals surface area contributed by atoms with Gasteiger partial charge in [-0.1, -0.05) is 42.0 Å². The van der Waals surface area contributed by atoms with Gasteiger partial charge in [0.15, 0.2) is 0 Å². The van der Waals surface area contributed by atoms with E-state index in [0.717, 1.165) is 49.7 Å². The molecule has 0 saturated carbocycles. The average Bonchev–Trinajstić information content (AvgIpc) is 3.27. The molecule has 1 fully saturated rings. The van der Waals surface area contributed by atoms with Crippen molar-refractivity contribution in [3.05, 3.63) is 77.5 Å². The second-order valence-electron chi connectivity index (χ2n) is 8.07. The maximum atomic E-state index is 13.5. The molecule has 5 heteroatoms. The van der Waals surface area contributed by atoms with Crippen molar-refractivity contribution in [1.29, 1.82) is 0 Å². The van der Waals surface area contributed by atoms with Gasteiger partial charge in [0.2, 0.25) is 0 Å². The van der Waals surface area contributed by atoms with Crippen LogP contribution in [0, 0.1) is 12.7 Å². The van der Waals surface area contributed by atoms with Gasteiger partial charge in [0, 0.05) is 19.6 Å². The van der Waals surface area contributed by atoms with Crippen LogP contribution in [0.2, 0.25) is 0 Å². The van der Waals surface area contributed by atoms with E-state index in [2.05, 4.69) is 45.6 Å². The molecule has 2 aliphatic rings. The average molecular weight is 377 g/mol. The maximum Gasteiger partial charge on any atom is 0.135 e. The second kappa shape index (κ2) is 6.83. The number of hydrogen-bond acceptors (Lipinski definition) is 3. The third-order valence-corrected chi connectivity index (χ3v) is 5.93. The highest BCUT2D eigenvalue weighted by molar-refractivity contribution is 5.60. The SMILES string of the molecule is Cc1ccc(-c2cnc3n2CC2(CCN(Cc4cccc(F)c4)C2)OC3)cc1. The molecule has 2 aromatic carbocycles. The van der Waals surface area contributed by atoms with E-state index in [1.165, 1.54) is 17.2 Å². The number of aryl methyl sites for hydroxylation is 1. The Morgan fingerprint density at radius 3 is 2.82 bits per heavy atom. The molecule has 5 rings (SSSR count). The van der Waals surface area contributed by atoms with E-state index in [0.29, 0.717) is 6.61 Å². The summed E-state index contributed by atoms with van der Waals surface area (Å²) in [6.07, 6.45) is 2.94. The van der Waals surface area contributed by atoms with E-state index in [9.17, 15) is 4.39 Å². The molecule has 0 aliphatic carbocycles. The molecule has 1 spiro atoms. The van der Waals surface area contributed by atoms with E-state index in [1.807, 2.05) is 12.3 Å². The first-order chi connectivity index (χ1) is 13.6. The fourth-order valence-electron chi connectivity index (χ4n) is 4.41. The van der Waals surface area contributed by atoms with Crippen LogP contribution in [0.15, 0.2) is 54.7 Å². The molecule has 2 aliphatic heterocycles. The summed E-state index contributed by atoms with van der Waals surface area (Å²) in [6, 6.07) is 15.5. The summed E-state index contributed by atoms with van der Waals surface area (Å²) < 4.78 is 22.1. The van der Waals surface area contributed by atoms with Gasteiger partial charge in [-0.25, -0.2) is 9.37 Å². The minimum absolute atomic E-state index is 0.175. The van der Waals surface area contributed by atoms with Crippen LogP contribution < -0.4 is 0 Å². The van der Waals surface area contributed by atoms with E-state index in [4.69, 9.17) is 4.74 Å². The molecule has 4 nitrogen and oxygen atoms in total. The summed E-state index contributed by atoms with van der Waals surface area (Å²) in [6.45, 7) is 6.02. The summed E-state index contributed by atoms with van der Waals surface area (Å²) in [5.41, 5.74) is 4.42. The first kappa shape index (κ1) is 17.6. The smallest absolute Gasteiger partial charge is 0.135 e. The highest BCUT2D eigenvalue weighted by Gasteiger charge is 2.43. The van der Waals surface area contributed by atoms with Crippen molar-refractivity contribution < 1.29 is 9.13 Å². The van der Waals surface area contributed by atoms with Gasteiger partial charge in [0.05, 0.1) is 18.4 Å². The monoisotopic (exact) mass is 377 g/mol. The zero-order valence-corrected chi connectivity index (χ0v) is 16.1. The van der Waals surface area contributed by atoms with Crippen LogP contribution in [0.3, 0.4) is 0 Å². The normalized spacial score (nSPS) is 21.9. The van der Waals surface area contributed by atoms with Crippen molar-refractivity contribution in [2.24, 2.45) is 0 Å². The predicted molar refractivity (Wildman–Crippen MR) is 106 cm³/mol. The molecular weight excluding hydrogens is 353 g/mol. The molecule has 0 N–H and O–H groups in total. The lowest BCUT2D eigenvalue weighted by Crippen LogP contribution is -2.44. The number of hydrogen-bond donors (Lipinski definition) is 0. The van der Waals surface area contributed by atoms with Crippen molar-refractivity contribution in [3.63, 3.8) is 0 Å². The quantitative estimate of drug-likeness (QED) is 0.686. The minimum atomic E-state index is -0.194. The number of imidazole rings is 1. The minimum Gasteiger partial charge on any atom is -0.364 e. The molecule has 3 heterocycles. The van der Waals surface area contributed by atoms with Gasteiger partial charge in [0.25, 0.3) is 0 Å². The first-order valence-corrected chi connectivity index (χ1v) is 9.82. The zero-order valence-electron chi connectivity index (χ0n) is 16.1. The van der Waals surface area contributed by atoms with Gasteiger partial charge in [-0.15, -0.1) is 0 Å². The number of benzene rings is 2. The lowest BCUT2D eigenvalue weighted by atomic mass is 10.0. The molecule has 144 valence electrons. The highest BCUT2D eigenvalue weighted by atomic mass is 19.1. The largest absolute Gasteiger partial charge is 0.364 e. The third kappa shape index (κ3) is 3.25. The number of ether oxygens (including phenoxy) is 1. The highest BCUT2D eigenvalue weighted by Crippen LogP contribution is 2.35. The van der Waals surface area contributed by atoms with Crippen LogP contribution >= 0.6 is 0 Å². The van der Waals surface area contributed by atoms with Gasteiger partial charge in [-0.3, -0.25) is 4.90 Å². The predicted octanol–water partition coefficient (Wildman–Crippen LogP) is 4.17. The van der Waals surface area contributed by atoms with Gasteiger partial charge in [0.1, 0.15) is 23.8 Å². The Morgan fingerprint density at radius 1 is 1.14 bits per heavy atom. The Balaban J connectivity index is 1.35. The van der Waals surface area contributed by atoms with Crippen LogP contribution in [-0.4, -0.2) is 33.1 Å². The molecule has 1 aromatic heterocycles. The van der Waals surface area contributed by atoms with Gasteiger partial charge in [-0.2, -0.15) is 0 Å². The number of likely N-dealkylation sites (tertiary alicyclic amines) is 1. The Kier molecular flexibility index (Phi) is 4.29. The summed E-state index contributed by atoms with van der Waals surface area (Å²) in [5.74, 6) is 0.816. The molecule has 1 saturated heterocycles. The van der Waals surface area contributed by atoms with E-state index < -0.39 is 0 Å². The maximum absolute atomic E-state index is 13.5. The number of nitrogens with zero attached hydrogens (tertiary/aromatic N) is 3. The summed E-state index contributed by atoms with van der Waals surface area (Å²) in [4.78, 5) is 6.95. The van der Waals surface area contributed by atoms with Gasteiger partial charge < -0.3 is 9.30 Å². The van der Waals surface area contributed by atoms with Crippen LogP contribution in [0.4, 0.5) is 4.39 Å². The third-order valence-electron chi connectivity index (χ3n) is 5.93. The Morgan fingerprint density at radius 2 is 2.00 bits per heavy atom. The molecule has 0 bridgehead atoms. The van der Waals surface area contributed by atoms with Gasteiger partial charge >= 0.3 is 0 Å². The molecule has 1 atom stereocenters. The van der Waals surface area contributed by atoms with Gasteiger partial charge in [-0.05, 0) is 36.6 Å².